The van der Waals surface area contributed by atoms with Crippen LogP contribution in [0.1, 0.15) is 0 Å². The molecule has 0 aliphatic rings. The van der Waals surface area contributed by atoms with Crippen molar-refractivity contribution in [2.75, 3.05) is 0 Å². The number of aromatic amines is 1. The predicted molar refractivity (Wildman–Crippen MR) is 65.5 cm³/mol. The van der Waals surface area contributed by atoms with Gasteiger partial charge in [0.15, 0.2) is 10.7 Å². The van der Waals surface area contributed by atoms with Crippen LogP contribution in [0.5, 0.6) is 0 Å². The summed E-state index contributed by atoms with van der Waals surface area (Å²) < 4.78 is 25.5. The maximum atomic E-state index is 12.3. The van der Waals surface area contributed by atoms with Crippen molar-refractivity contribution in [3.63, 3.8) is 0 Å². The number of nitrogens with one attached hydrogen (secondary N) is 1. The molecule has 3 rings (SSSR count). The van der Waals surface area contributed by atoms with Gasteiger partial charge in [0.1, 0.15) is 0 Å². The number of hydrogen-bond acceptors (Lipinski definition) is 5. The molecule has 2 heterocycles. The molecule has 3 aromatic rings. The number of benzene rings is 1. The molecular formula is C11H8N4O3S. The summed E-state index contributed by atoms with van der Waals surface area (Å²) in [4.78, 5) is 11.5. The van der Waals surface area contributed by atoms with Gasteiger partial charge in [0, 0.05) is 0 Å². The Kier molecular flexibility index (Phi) is 2.46. The Morgan fingerprint density at radius 2 is 1.79 bits per heavy atom. The van der Waals surface area contributed by atoms with Crippen molar-refractivity contribution in [2.24, 2.45) is 0 Å². The van der Waals surface area contributed by atoms with Crippen molar-refractivity contribution in [1.29, 1.82) is 0 Å². The third kappa shape index (κ3) is 1.82. The van der Waals surface area contributed by atoms with Crippen LogP contribution < -0.4 is 5.69 Å². The van der Waals surface area contributed by atoms with Crippen LogP contribution in [0, 0.1) is 0 Å². The zero-order valence-electron chi connectivity index (χ0n) is 9.52. The number of hydrogen-bond donors (Lipinski definition) is 1. The highest BCUT2D eigenvalue weighted by molar-refractivity contribution is 7.91. The monoisotopic (exact) mass is 276 g/mol. The number of H-pyrrole nitrogens is 1. The van der Waals surface area contributed by atoms with Gasteiger partial charge >= 0.3 is 5.69 Å². The molecule has 0 bridgehead atoms. The van der Waals surface area contributed by atoms with Gasteiger partial charge in [0.25, 0.3) is 0 Å². The molecule has 0 amide bonds. The lowest BCUT2D eigenvalue weighted by Crippen LogP contribution is -2.15. The zero-order chi connectivity index (χ0) is 13.5. The second-order valence-electron chi connectivity index (χ2n) is 3.79. The number of nitrogens with zero attached hydrogens (tertiary/aromatic N) is 3. The molecule has 0 radical (unpaired) electrons. The standard InChI is InChI=1S/C11H8N4O3S/c16-11-13-12-9-6-7-10(14-15(9)11)19(17,18)8-4-2-1-3-5-8/h1-7H,(H,13,16). The molecule has 0 saturated carbocycles. The fourth-order valence-electron chi connectivity index (χ4n) is 1.65. The van der Waals surface area contributed by atoms with Crippen LogP contribution in [0.4, 0.5) is 0 Å². The second kappa shape index (κ2) is 4.02. The van der Waals surface area contributed by atoms with Crippen molar-refractivity contribution in [3.8, 4) is 0 Å². The van der Waals surface area contributed by atoms with Gasteiger partial charge in [-0.25, -0.2) is 18.3 Å². The molecule has 2 aromatic heterocycles. The summed E-state index contributed by atoms with van der Waals surface area (Å²) in [7, 11) is -3.74. The summed E-state index contributed by atoms with van der Waals surface area (Å²) >= 11 is 0. The molecular weight excluding hydrogens is 268 g/mol. The van der Waals surface area contributed by atoms with E-state index in [1.807, 2.05) is 0 Å². The highest BCUT2D eigenvalue weighted by atomic mass is 32.2. The van der Waals surface area contributed by atoms with Crippen molar-refractivity contribution in [3.05, 3.63) is 52.9 Å². The Bertz CT molecular complexity index is 896. The normalized spacial score (nSPS) is 11.8. The van der Waals surface area contributed by atoms with Gasteiger partial charge in [-0.2, -0.15) is 9.61 Å². The first-order chi connectivity index (χ1) is 9.09. The van der Waals surface area contributed by atoms with E-state index in [1.54, 1.807) is 18.2 Å². The fourth-order valence-corrected chi connectivity index (χ4v) is 2.84. The van der Waals surface area contributed by atoms with E-state index in [2.05, 4.69) is 15.3 Å². The number of fused-ring (bicyclic) bond motifs is 1. The Morgan fingerprint density at radius 1 is 1.05 bits per heavy atom. The largest absolute Gasteiger partial charge is 0.364 e. The molecule has 1 aromatic carbocycles. The van der Waals surface area contributed by atoms with Gasteiger partial charge in [-0.15, -0.1) is 5.10 Å². The molecule has 0 spiro atoms. The SMILES string of the molecule is O=c1[nH]nc2ccc(S(=O)(=O)c3ccccc3)nn12. The van der Waals surface area contributed by atoms with E-state index in [1.165, 1.54) is 24.3 Å². The first-order valence-electron chi connectivity index (χ1n) is 5.34. The molecule has 19 heavy (non-hydrogen) atoms. The van der Waals surface area contributed by atoms with E-state index in [0.29, 0.717) is 0 Å². The predicted octanol–water partition coefficient (Wildman–Crippen LogP) is 0.250. The third-order valence-corrected chi connectivity index (χ3v) is 4.24. The third-order valence-electron chi connectivity index (χ3n) is 2.58. The molecule has 7 nitrogen and oxygen atoms in total. The maximum Gasteiger partial charge on any atom is 0.364 e. The van der Waals surface area contributed by atoms with Crippen LogP contribution in [0.15, 0.2) is 57.2 Å². The van der Waals surface area contributed by atoms with Gasteiger partial charge in [0.05, 0.1) is 4.90 Å². The van der Waals surface area contributed by atoms with E-state index < -0.39 is 15.5 Å². The van der Waals surface area contributed by atoms with E-state index >= 15 is 0 Å². The molecule has 0 unspecified atom stereocenters. The zero-order valence-corrected chi connectivity index (χ0v) is 10.3. The highest BCUT2D eigenvalue weighted by Crippen LogP contribution is 2.17. The van der Waals surface area contributed by atoms with E-state index in [-0.39, 0.29) is 15.6 Å². The van der Waals surface area contributed by atoms with Gasteiger partial charge in [-0.05, 0) is 24.3 Å². The molecule has 8 heteroatoms. The van der Waals surface area contributed by atoms with E-state index in [9.17, 15) is 13.2 Å². The molecule has 0 fully saturated rings. The molecule has 0 atom stereocenters. The number of aromatic nitrogens is 4. The van der Waals surface area contributed by atoms with Gasteiger partial charge in [-0.1, -0.05) is 18.2 Å². The lowest BCUT2D eigenvalue weighted by atomic mass is 10.4. The Morgan fingerprint density at radius 3 is 2.53 bits per heavy atom. The molecule has 0 saturated heterocycles. The first-order valence-corrected chi connectivity index (χ1v) is 6.82. The van der Waals surface area contributed by atoms with E-state index in [0.717, 1.165) is 4.52 Å². The first kappa shape index (κ1) is 11.6. The lowest BCUT2D eigenvalue weighted by molar-refractivity contribution is 0.588. The van der Waals surface area contributed by atoms with Crippen LogP contribution in [-0.4, -0.2) is 28.2 Å². The smallest absolute Gasteiger partial charge is 0.244 e. The number of sulfone groups is 1. The topological polar surface area (TPSA) is 97.2 Å². The van der Waals surface area contributed by atoms with Crippen molar-refractivity contribution < 1.29 is 8.42 Å². The quantitative estimate of drug-likeness (QED) is 0.723. The summed E-state index contributed by atoms with van der Waals surface area (Å²) in [5.74, 6) is 0. The van der Waals surface area contributed by atoms with Crippen molar-refractivity contribution in [1.82, 2.24) is 19.8 Å². The van der Waals surface area contributed by atoms with Crippen LogP contribution in [0.3, 0.4) is 0 Å². The summed E-state index contributed by atoms with van der Waals surface area (Å²) in [5, 5.41) is 9.48. The fraction of sp³-hybridized carbons (Fsp3) is 0. The molecule has 0 aliphatic heterocycles. The van der Waals surface area contributed by atoms with Crippen LogP contribution in [0.2, 0.25) is 0 Å². The highest BCUT2D eigenvalue weighted by Gasteiger charge is 2.20. The molecule has 1 N–H and O–H groups in total. The average molecular weight is 276 g/mol. The van der Waals surface area contributed by atoms with Gasteiger partial charge in [-0.3, -0.25) is 0 Å². The Labute approximate surface area is 107 Å². The second-order valence-corrected chi connectivity index (χ2v) is 5.68. The minimum Gasteiger partial charge on any atom is -0.244 e. The minimum atomic E-state index is -3.74. The average Bonchev–Trinajstić information content (AvgIpc) is 2.81. The van der Waals surface area contributed by atoms with Crippen LogP contribution >= 0.6 is 0 Å². The number of rotatable bonds is 2. The summed E-state index contributed by atoms with van der Waals surface area (Å²) in [6, 6.07) is 10.6. The molecule has 96 valence electrons. The van der Waals surface area contributed by atoms with Crippen molar-refractivity contribution in [2.45, 2.75) is 9.92 Å². The Hall–Kier alpha value is -2.48. The summed E-state index contributed by atoms with van der Waals surface area (Å²) in [6.07, 6.45) is 0. The summed E-state index contributed by atoms with van der Waals surface area (Å²) in [6.45, 7) is 0. The lowest BCUT2D eigenvalue weighted by Gasteiger charge is -2.02. The molecule has 0 aliphatic carbocycles. The minimum absolute atomic E-state index is 0.124. The maximum absolute atomic E-state index is 12.3. The Balaban J connectivity index is 2.24. The van der Waals surface area contributed by atoms with Gasteiger partial charge in [0.2, 0.25) is 9.84 Å². The van der Waals surface area contributed by atoms with Gasteiger partial charge < -0.3 is 0 Å². The summed E-state index contributed by atoms with van der Waals surface area (Å²) in [5.41, 5.74) is -0.322. The van der Waals surface area contributed by atoms with Crippen LogP contribution in [-0.2, 0) is 9.84 Å². The van der Waals surface area contributed by atoms with Crippen LogP contribution in [0.25, 0.3) is 5.65 Å². The van der Waals surface area contributed by atoms with E-state index in [4.69, 9.17) is 0 Å². The van der Waals surface area contributed by atoms with Crippen molar-refractivity contribution >= 4 is 15.5 Å².